The van der Waals surface area contributed by atoms with Gasteiger partial charge in [-0.3, -0.25) is 0 Å². The van der Waals surface area contributed by atoms with Crippen LogP contribution in [-0.2, 0) is 13.2 Å². The minimum Gasteiger partial charge on any atom is -0.435 e. The number of fused-ring (bicyclic) bond motifs is 1. The van der Waals surface area contributed by atoms with E-state index in [9.17, 15) is 27.8 Å². The molecule has 1 atom stereocenters. The molecule has 0 spiro atoms. The number of aromatic nitrogens is 4. The van der Waals surface area contributed by atoms with Crippen LogP contribution in [0.3, 0.4) is 0 Å². The number of nitrogens with zero attached hydrogens (tertiary/aromatic N) is 4. The predicted octanol–water partition coefficient (Wildman–Crippen LogP) is 5.14. The van der Waals surface area contributed by atoms with Crippen molar-refractivity contribution in [2.45, 2.75) is 12.3 Å². The lowest BCUT2D eigenvalue weighted by Gasteiger charge is -2.12. The molecule has 7 nitrogen and oxygen atoms in total. The van der Waals surface area contributed by atoms with Crippen LogP contribution in [0.25, 0.3) is 45.1 Å². The van der Waals surface area contributed by atoms with Crippen LogP contribution in [0.4, 0.5) is 17.6 Å². The first kappa shape index (κ1) is 23.6. The van der Waals surface area contributed by atoms with Gasteiger partial charge in [-0.05, 0) is 53.1 Å². The maximum Gasteiger partial charge on any atom is 0.420 e. The Bertz CT molecular complexity index is 1580. The van der Waals surface area contributed by atoms with Gasteiger partial charge in [0.2, 0.25) is 5.89 Å². The Morgan fingerprint density at radius 3 is 2.50 bits per heavy atom. The van der Waals surface area contributed by atoms with E-state index in [1.807, 2.05) is 0 Å². The van der Waals surface area contributed by atoms with E-state index in [0.717, 1.165) is 6.07 Å². The molecule has 36 heavy (non-hydrogen) atoms. The van der Waals surface area contributed by atoms with E-state index in [-0.39, 0.29) is 17.0 Å². The highest BCUT2D eigenvalue weighted by molar-refractivity contribution is 5.84. The zero-order chi connectivity index (χ0) is 25.6. The second-order valence-electron chi connectivity index (χ2n) is 8.17. The van der Waals surface area contributed by atoms with Crippen molar-refractivity contribution < 1.29 is 32.2 Å². The first-order chi connectivity index (χ1) is 17.2. The predicted molar refractivity (Wildman–Crippen MR) is 122 cm³/mol. The average molecular weight is 498 g/mol. The molecule has 0 saturated carbocycles. The molecule has 2 heterocycles. The summed E-state index contributed by atoms with van der Waals surface area (Å²) in [5.74, 6) is -0.107. The lowest BCUT2D eigenvalue weighted by atomic mass is 9.97. The molecule has 0 unspecified atom stereocenters. The molecule has 0 aliphatic heterocycles. The summed E-state index contributed by atoms with van der Waals surface area (Å²) in [5.41, 5.74) is 0.259. The molecule has 0 aliphatic rings. The maximum absolute atomic E-state index is 14.1. The van der Waals surface area contributed by atoms with Crippen LogP contribution in [0.5, 0.6) is 0 Å². The first-order valence-corrected chi connectivity index (χ1v) is 10.7. The molecule has 3 aromatic carbocycles. The van der Waals surface area contributed by atoms with Gasteiger partial charge < -0.3 is 19.2 Å². The fraction of sp³-hybridized carbons (Fsp3) is 0.160. The van der Waals surface area contributed by atoms with Crippen molar-refractivity contribution in [3.8, 4) is 34.0 Å². The van der Waals surface area contributed by atoms with Gasteiger partial charge in [0.1, 0.15) is 29.3 Å². The van der Waals surface area contributed by atoms with Crippen molar-refractivity contribution in [2.24, 2.45) is 7.05 Å². The summed E-state index contributed by atoms with van der Waals surface area (Å²) in [6.07, 6.45) is -4.79. The molecule has 2 N–H and O–H groups in total. The Kier molecular flexibility index (Phi) is 5.81. The molecule has 5 aromatic rings. The van der Waals surface area contributed by atoms with Crippen LogP contribution in [-0.4, -0.2) is 36.6 Å². The normalized spacial score (nSPS) is 12.9. The number of aryl methyl sites for hydroxylation is 1. The van der Waals surface area contributed by atoms with Crippen molar-refractivity contribution >= 4 is 11.1 Å². The van der Waals surface area contributed by atoms with E-state index in [2.05, 4.69) is 15.2 Å². The number of benzene rings is 3. The zero-order valence-electron chi connectivity index (χ0n) is 18.7. The average Bonchev–Trinajstić information content (AvgIpc) is 3.48. The second-order valence-corrected chi connectivity index (χ2v) is 8.17. The van der Waals surface area contributed by atoms with Crippen LogP contribution in [0.15, 0.2) is 65.3 Å². The van der Waals surface area contributed by atoms with E-state index in [0.29, 0.717) is 28.1 Å². The van der Waals surface area contributed by atoms with E-state index >= 15 is 0 Å². The number of hydrogen-bond donors (Lipinski definition) is 2. The number of alkyl halides is 3. The van der Waals surface area contributed by atoms with E-state index < -0.39 is 35.9 Å². The van der Waals surface area contributed by atoms with E-state index in [4.69, 9.17) is 4.42 Å². The Labute approximate surface area is 201 Å². The first-order valence-electron chi connectivity index (χ1n) is 10.7. The van der Waals surface area contributed by atoms with Crippen LogP contribution in [0.2, 0.25) is 0 Å². The molecule has 0 saturated heterocycles. The van der Waals surface area contributed by atoms with Gasteiger partial charge in [-0.25, -0.2) is 9.37 Å². The number of halogens is 4. The zero-order valence-corrected chi connectivity index (χ0v) is 18.7. The van der Waals surface area contributed by atoms with Gasteiger partial charge in [0.25, 0.3) is 0 Å². The summed E-state index contributed by atoms with van der Waals surface area (Å²) in [5, 5.41) is 27.0. The van der Waals surface area contributed by atoms with Crippen molar-refractivity contribution in [1.29, 1.82) is 0 Å². The minimum atomic E-state index is -4.78. The Morgan fingerprint density at radius 2 is 1.81 bits per heavy atom. The van der Waals surface area contributed by atoms with Gasteiger partial charge in [0.05, 0.1) is 6.61 Å². The fourth-order valence-corrected chi connectivity index (χ4v) is 3.99. The topological polar surface area (TPSA) is 97.2 Å². The highest BCUT2D eigenvalue weighted by Crippen LogP contribution is 2.39. The number of aliphatic hydroxyl groups excluding tert-OH is 2. The third kappa shape index (κ3) is 4.23. The molecular weight excluding hydrogens is 480 g/mol. The summed E-state index contributed by atoms with van der Waals surface area (Å²) in [7, 11) is 1.72. The van der Waals surface area contributed by atoms with Crippen LogP contribution in [0.1, 0.15) is 17.2 Å². The molecule has 0 amide bonds. The summed E-state index contributed by atoms with van der Waals surface area (Å²) < 4.78 is 62.5. The smallest absolute Gasteiger partial charge is 0.420 e. The lowest BCUT2D eigenvalue weighted by Crippen LogP contribution is -2.09. The molecule has 2 aromatic heterocycles. The summed E-state index contributed by atoms with van der Waals surface area (Å²) in [4.78, 5) is 4.22. The Morgan fingerprint density at radius 1 is 1.03 bits per heavy atom. The van der Waals surface area contributed by atoms with Crippen molar-refractivity contribution in [2.75, 3.05) is 6.61 Å². The molecule has 0 fully saturated rings. The second kappa shape index (κ2) is 8.85. The Hall–Kier alpha value is -4.09. The van der Waals surface area contributed by atoms with Gasteiger partial charge in [-0.1, -0.05) is 18.2 Å². The third-order valence-corrected chi connectivity index (χ3v) is 5.73. The van der Waals surface area contributed by atoms with Crippen molar-refractivity contribution in [1.82, 2.24) is 19.7 Å². The van der Waals surface area contributed by atoms with Gasteiger partial charge in [-0.2, -0.15) is 13.2 Å². The number of aliphatic hydroxyl groups is 2. The lowest BCUT2D eigenvalue weighted by molar-refractivity contribution is -0.136. The molecule has 184 valence electrons. The quantitative estimate of drug-likeness (QED) is 0.326. The maximum atomic E-state index is 14.1. The molecule has 0 aliphatic carbocycles. The van der Waals surface area contributed by atoms with Crippen LogP contribution in [0, 0.1) is 5.82 Å². The Balaban J connectivity index is 1.65. The molecule has 0 bridgehead atoms. The monoisotopic (exact) mass is 498 g/mol. The fourth-order valence-electron chi connectivity index (χ4n) is 3.99. The van der Waals surface area contributed by atoms with Gasteiger partial charge >= 0.3 is 6.18 Å². The number of rotatable bonds is 5. The minimum absolute atomic E-state index is 0.0738. The van der Waals surface area contributed by atoms with Crippen LogP contribution >= 0.6 is 0 Å². The van der Waals surface area contributed by atoms with Gasteiger partial charge in [-0.15, -0.1) is 10.2 Å². The molecule has 11 heteroatoms. The molecule has 0 radical (unpaired) electrons. The highest BCUT2D eigenvalue weighted by atomic mass is 19.4. The number of hydrogen-bond acceptors (Lipinski definition) is 6. The third-order valence-electron chi connectivity index (χ3n) is 5.73. The summed E-state index contributed by atoms with van der Waals surface area (Å²) >= 11 is 0. The van der Waals surface area contributed by atoms with Crippen LogP contribution < -0.4 is 0 Å². The number of oxazole rings is 1. The van der Waals surface area contributed by atoms with Gasteiger partial charge in [0, 0.05) is 18.2 Å². The summed E-state index contributed by atoms with van der Waals surface area (Å²) in [6, 6.07) is 12.9. The van der Waals surface area contributed by atoms with E-state index in [1.54, 1.807) is 41.9 Å². The van der Waals surface area contributed by atoms with Gasteiger partial charge in [0.15, 0.2) is 11.4 Å². The van der Waals surface area contributed by atoms with Crippen molar-refractivity contribution in [3.63, 3.8) is 0 Å². The molecular formula is C25H18F4N4O3. The SMILES string of the molecule is Cn1cnnc1-c1cc(F)ccc1-c1cccc(-c2nc3cc([C@@H](O)CO)cc(C(F)(F)F)c3o2)c1. The largest absolute Gasteiger partial charge is 0.435 e. The van der Waals surface area contributed by atoms with E-state index in [1.165, 1.54) is 24.5 Å². The summed E-state index contributed by atoms with van der Waals surface area (Å²) in [6.45, 7) is -0.749. The highest BCUT2D eigenvalue weighted by Gasteiger charge is 2.36. The molecule has 5 rings (SSSR count). The van der Waals surface area contributed by atoms with Crippen molar-refractivity contribution in [3.05, 3.63) is 77.9 Å². The standard InChI is InChI=1S/C25H18F4N4O3/c1-33-12-30-32-23(33)18-10-16(26)5-6-17(18)13-3-2-4-14(7-13)24-31-20-9-15(21(35)11-34)8-19(22(20)36-24)25(27,28)29/h2-10,12,21,34-35H,11H2,1H3/t21-/m0/s1.